The topological polar surface area (TPSA) is 97.3 Å². The Bertz CT molecular complexity index is 1040. The summed E-state index contributed by atoms with van der Waals surface area (Å²) in [6.07, 6.45) is 0. The van der Waals surface area contributed by atoms with Gasteiger partial charge in [0.25, 0.3) is 15.9 Å². The van der Waals surface area contributed by atoms with Gasteiger partial charge in [-0.25, -0.2) is 13.8 Å². The first-order valence-electron chi connectivity index (χ1n) is 9.64. The highest BCUT2D eigenvalue weighted by Gasteiger charge is 2.28. The van der Waals surface area contributed by atoms with Crippen LogP contribution in [0.25, 0.3) is 0 Å². The molecule has 0 saturated carbocycles. The lowest BCUT2D eigenvalue weighted by atomic mass is 9.91. The quantitative estimate of drug-likeness (QED) is 0.494. The second-order valence-electron chi connectivity index (χ2n) is 7.85. The van der Waals surface area contributed by atoms with Crippen LogP contribution < -0.4 is 19.2 Å². The molecule has 1 amide bonds. The van der Waals surface area contributed by atoms with Gasteiger partial charge in [-0.3, -0.25) is 9.10 Å². The number of amides is 1. The fourth-order valence-electron chi connectivity index (χ4n) is 2.49. The summed E-state index contributed by atoms with van der Waals surface area (Å²) >= 11 is 0. The van der Waals surface area contributed by atoms with Crippen LogP contribution in [-0.2, 0) is 14.8 Å². The number of sulfonamides is 1. The van der Waals surface area contributed by atoms with Gasteiger partial charge in [0.2, 0.25) is 0 Å². The second-order valence-corrected chi connectivity index (χ2v) is 9.71. The first-order chi connectivity index (χ1) is 14.5. The van der Waals surface area contributed by atoms with Gasteiger partial charge in [-0.1, -0.05) is 39.0 Å². The average molecular weight is 448 g/mol. The molecule has 0 aliphatic heterocycles. The van der Waals surface area contributed by atoms with Crippen molar-refractivity contribution in [2.24, 2.45) is 10.5 Å². The number of nitrogens with zero attached hydrogens (tertiary/aromatic N) is 2. The van der Waals surface area contributed by atoms with E-state index >= 15 is 0 Å². The second kappa shape index (κ2) is 9.82. The van der Waals surface area contributed by atoms with Crippen LogP contribution in [0.4, 0.5) is 5.69 Å². The van der Waals surface area contributed by atoms with Gasteiger partial charge in [-0.05, 0) is 31.2 Å². The minimum Gasteiger partial charge on any atom is -0.493 e. The van der Waals surface area contributed by atoms with Crippen molar-refractivity contribution in [3.8, 4) is 11.5 Å². The number of ether oxygens (including phenoxy) is 2. The molecule has 0 saturated heterocycles. The van der Waals surface area contributed by atoms with Gasteiger partial charge >= 0.3 is 0 Å². The highest BCUT2D eigenvalue weighted by molar-refractivity contribution is 7.92. The Morgan fingerprint density at radius 1 is 1.03 bits per heavy atom. The Hall–Kier alpha value is -3.07. The van der Waals surface area contributed by atoms with E-state index in [0.29, 0.717) is 11.4 Å². The summed E-state index contributed by atoms with van der Waals surface area (Å²) < 4.78 is 38.3. The largest absolute Gasteiger partial charge is 0.493 e. The number of hydrazone groups is 1. The number of para-hydroxylation sites is 1. The van der Waals surface area contributed by atoms with E-state index in [2.05, 4.69) is 10.5 Å². The Labute approximate surface area is 183 Å². The van der Waals surface area contributed by atoms with Crippen LogP contribution in [0.2, 0.25) is 0 Å². The molecule has 0 radical (unpaired) electrons. The van der Waals surface area contributed by atoms with Crippen LogP contribution in [0, 0.1) is 5.41 Å². The first-order valence-corrected chi connectivity index (χ1v) is 11.1. The third-order valence-corrected chi connectivity index (χ3v) is 6.48. The van der Waals surface area contributed by atoms with E-state index in [9.17, 15) is 13.2 Å². The zero-order valence-corrected chi connectivity index (χ0v) is 19.5. The number of rotatable bonds is 8. The molecule has 2 aromatic carbocycles. The molecule has 0 heterocycles. The van der Waals surface area contributed by atoms with E-state index < -0.39 is 22.5 Å². The minimum absolute atomic E-state index is 0.0313. The molecule has 2 rings (SSSR count). The van der Waals surface area contributed by atoms with E-state index in [1.165, 1.54) is 32.4 Å². The molecule has 0 aliphatic carbocycles. The number of carbonyl (C=O) groups is 1. The Balaban J connectivity index is 2.42. The van der Waals surface area contributed by atoms with Gasteiger partial charge < -0.3 is 9.47 Å². The number of benzene rings is 2. The fourth-order valence-corrected chi connectivity index (χ4v) is 3.93. The van der Waals surface area contributed by atoms with Crippen molar-refractivity contribution in [1.29, 1.82) is 0 Å². The smallest absolute Gasteiger partial charge is 0.264 e. The van der Waals surface area contributed by atoms with E-state index in [0.717, 1.165) is 10.0 Å². The van der Waals surface area contributed by atoms with Crippen molar-refractivity contribution in [1.82, 2.24) is 5.43 Å². The normalized spacial score (nSPS) is 12.3. The summed E-state index contributed by atoms with van der Waals surface area (Å²) in [6.45, 7) is 7.26. The zero-order chi connectivity index (χ0) is 23.2. The number of hydrogen-bond donors (Lipinski definition) is 1. The summed E-state index contributed by atoms with van der Waals surface area (Å²) in [5.41, 5.74) is 3.30. The van der Waals surface area contributed by atoms with Crippen LogP contribution in [-0.4, -0.2) is 40.8 Å². The van der Waals surface area contributed by atoms with Gasteiger partial charge in [-0.2, -0.15) is 5.10 Å². The molecule has 1 N–H and O–H groups in total. The van der Waals surface area contributed by atoms with E-state index in [-0.39, 0.29) is 16.1 Å². The van der Waals surface area contributed by atoms with Crippen molar-refractivity contribution >= 4 is 27.3 Å². The molecule has 0 aliphatic rings. The van der Waals surface area contributed by atoms with Crippen LogP contribution in [0.1, 0.15) is 27.7 Å². The molecule has 2 aromatic rings. The fraction of sp³-hybridized carbons (Fsp3) is 0.364. The Kier molecular flexibility index (Phi) is 7.67. The SMILES string of the molecule is COc1ccc(S(=O)(=O)N(CC(=O)N/N=C(/C)C(C)(C)C)c2ccccc2)cc1OC. The summed E-state index contributed by atoms with van der Waals surface area (Å²) in [5, 5.41) is 4.11. The maximum atomic E-state index is 13.4. The van der Waals surface area contributed by atoms with Crippen molar-refractivity contribution in [3.63, 3.8) is 0 Å². The third kappa shape index (κ3) is 5.97. The van der Waals surface area contributed by atoms with Crippen LogP contribution in [0.3, 0.4) is 0 Å². The summed E-state index contributed by atoms with van der Waals surface area (Å²) in [6, 6.07) is 12.7. The highest BCUT2D eigenvalue weighted by Crippen LogP contribution is 2.32. The lowest BCUT2D eigenvalue weighted by Gasteiger charge is -2.24. The molecule has 8 nitrogen and oxygen atoms in total. The van der Waals surface area contributed by atoms with Gasteiger partial charge in [0.05, 0.1) is 24.8 Å². The standard InChI is InChI=1S/C22H29N3O5S/c1-16(22(2,3)4)23-24-21(26)15-25(17-10-8-7-9-11-17)31(27,28)18-12-13-19(29-5)20(14-18)30-6/h7-14H,15H2,1-6H3,(H,24,26)/b23-16-. The van der Waals surface area contributed by atoms with Crippen molar-refractivity contribution in [3.05, 3.63) is 48.5 Å². The Morgan fingerprint density at radius 2 is 1.65 bits per heavy atom. The molecule has 0 aromatic heterocycles. The number of methoxy groups -OCH3 is 2. The summed E-state index contributed by atoms with van der Waals surface area (Å²) in [5.74, 6) is 0.111. The molecule has 0 unspecified atom stereocenters. The van der Waals surface area contributed by atoms with Crippen molar-refractivity contribution in [2.75, 3.05) is 25.1 Å². The molecule has 0 bridgehead atoms. The number of carbonyl (C=O) groups excluding carboxylic acids is 1. The minimum atomic E-state index is -4.09. The van der Waals surface area contributed by atoms with Gasteiger partial charge in [0.1, 0.15) is 6.54 Å². The van der Waals surface area contributed by atoms with Crippen molar-refractivity contribution in [2.45, 2.75) is 32.6 Å². The molecule has 9 heteroatoms. The number of hydrogen-bond acceptors (Lipinski definition) is 6. The van der Waals surface area contributed by atoms with E-state index in [1.54, 1.807) is 37.3 Å². The number of nitrogens with one attached hydrogen (secondary N) is 1. The predicted octanol–water partition coefficient (Wildman–Crippen LogP) is 3.44. The zero-order valence-electron chi connectivity index (χ0n) is 18.7. The maximum absolute atomic E-state index is 13.4. The van der Waals surface area contributed by atoms with Gasteiger partial charge in [0.15, 0.2) is 11.5 Å². The average Bonchev–Trinajstić information content (AvgIpc) is 2.74. The third-order valence-electron chi connectivity index (χ3n) is 4.71. The van der Waals surface area contributed by atoms with E-state index in [4.69, 9.17) is 9.47 Å². The maximum Gasteiger partial charge on any atom is 0.264 e. The van der Waals surface area contributed by atoms with Crippen LogP contribution in [0.15, 0.2) is 58.5 Å². The molecule has 0 atom stereocenters. The first kappa shape index (κ1) is 24.2. The highest BCUT2D eigenvalue weighted by atomic mass is 32.2. The molecule has 168 valence electrons. The summed E-state index contributed by atoms with van der Waals surface area (Å²) in [7, 11) is -1.20. The van der Waals surface area contributed by atoms with Gasteiger partial charge in [-0.15, -0.1) is 0 Å². The van der Waals surface area contributed by atoms with Gasteiger partial charge in [0, 0.05) is 17.2 Å². The molecule has 0 fully saturated rings. The molecular weight excluding hydrogens is 418 g/mol. The molecule has 0 spiro atoms. The predicted molar refractivity (Wildman–Crippen MR) is 121 cm³/mol. The lowest BCUT2D eigenvalue weighted by Crippen LogP contribution is -2.40. The van der Waals surface area contributed by atoms with Crippen molar-refractivity contribution < 1.29 is 22.7 Å². The molecule has 31 heavy (non-hydrogen) atoms. The van der Waals surface area contributed by atoms with Crippen LogP contribution in [0.5, 0.6) is 11.5 Å². The number of anilines is 1. The lowest BCUT2D eigenvalue weighted by molar-refractivity contribution is -0.119. The van der Waals surface area contributed by atoms with Crippen LogP contribution >= 0.6 is 0 Å². The molecular formula is C22H29N3O5S. The summed E-state index contributed by atoms with van der Waals surface area (Å²) in [4.78, 5) is 12.6. The Morgan fingerprint density at radius 3 is 2.19 bits per heavy atom. The van der Waals surface area contributed by atoms with E-state index in [1.807, 2.05) is 20.8 Å². The monoisotopic (exact) mass is 447 g/mol.